The van der Waals surface area contributed by atoms with Gasteiger partial charge in [0.05, 0.1) is 0 Å². The van der Waals surface area contributed by atoms with Crippen molar-refractivity contribution in [1.82, 2.24) is 10.2 Å². The average molecular weight is 430 g/mol. The largest absolute Gasteiger partial charge is 0.343 e. The van der Waals surface area contributed by atoms with Gasteiger partial charge in [0, 0.05) is 37.7 Å². The normalized spacial score (nSPS) is 14.1. The fourth-order valence-electron chi connectivity index (χ4n) is 3.74. The highest BCUT2D eigenvalue weighted by molar-refractivity contribution is 5.93. The number of carbonyl (C=O) groups is 2. The number of aryl methyl sites for hydroxylation is 1. The van der Waals surface area contributed by atoms with Gasteiger partial charge in [-0.25, -0.2) is 0 Å². The van der Waals surface area contributed by atoms with Crippen LogP contribution in [0.3, 0.4) is 0 Å². The maximum absolute atomic E-state index is 12.7. The van der Waals surface area contributed by atoms with E-state index in [9.17, 15) is 9.59 Å². The number of amides is 2. The first-order valence-electron chi connectivity index (χ1n) is 10.6. The van der Waals surface area contributed by atoms with Crippen molar-refractivity contribution < 1.29 is 9.59 Å². The molecule has 2 N–H and O–H groups in total. The number of hydrogen-bond acceptors (Lipinski definition) is 3. The zero-order chi connectivity index (χ0) is 20.5. The van der Waals surface area contributed by atoms with Crippen LogP contribution in [0.1, 0.15) is 37.3 Å². The minimum Gasteiger partial charge on any atom is -0.343 e. The maximum atomic E-state index is 12.7. The molecular formula is C24H32ClN3O2. The molecule has 1 heterocycles. The van der Waals surface area contributed by atoms with Crippen molar-refractivity contribution >= 4 is 29.9 Å². The first-order valence-corrected chi connectivity index (χ1v) is 10.6. The van der Waals surface area contributed by atoms with E-state index in [-0.39, 0.29) is 30.1 Å². The molecule has 1 aliphatic rings. The molecule has 0 aliphatic carbocycles. The number of likely N-dealkylation sites (tertiary alicyclic amines) is 1. The van der Waals surface area contributed by atoms with Gasteiger partial charge in [0.1, 0.15) is 0 Å². The first kappa shape index (κ1) is 23.9. The molecule has 0 atom stereocenters. The Bertz CT molecular complexity index is 805. The number of carbonyl (C=O) groups excluding carboxylic acids is 2. The van der Waals surface area contributed by atoms with E-state index in [1.807, 2.05) is 47.4 Å². The molecule has 1 aliphatic heterocycles. The Morgan fingerprint density at radius 1 is 1.00 bits per heavy atom. The highest BCUT2D eigenvalue weighted by atomic mass is 35.5. The summed E-state index contributed by atoms with van der Waals surface area (Å²) in [5.41, 5.74) is 3.15. The number of halogens is 1. The summed E-state index contributed by atoms with van der Waals surface area (Å²) in [4.78, 5) is 27.2. The number of nitrogens with one attached hydrogen (secondary N) is 2. The predicted octanol–water partition coefficient (Wildman–Crippen LogP) is 4.03. The van der Waals surface area contributed by atoms with E-state index in [1.54, 1.807) is 0 Å². The molecule has 0 bridgehead atoms. The number of hydrogen-bond donors (Lipinski definition) is 2. The van der Waals surface area contributed by atoms with Gasteiger partial charge >= 0.3 is 0 Å². The predicted molar refractivity (Wildman–Crippen MR) is 124 cm³/mol. The Hall–Kier alpha value is -2.37. The van der Waals surface area contributed by atoms with Crippen LogP contribution in [0.4, 0.5) is 5.69 Å². The van der Waals surface area contributed by atoms with Gasteiger partial charge in [0.15, 0.2) is 0 Å². The lowest BCUT2D eigenvalue weighted by molar-refractivity contribution is -0.134. The third kappa shape index (κ3) is 6.85. The zero-order valence-corrected chi connectivity index (χ0v) is 18.4. The van der Waals surface area contributed by atoms with E-state index in [1.165, 1.54) is 5.56 Å². The molecule has 5 nitrogen and oxygen atoms in total. The zero-order valence-electron chi connectivity index (χ0n) is 17.6. The van der Waals surface area contributed by atoms with Gasteiger partial charge in [-0.3, -0.25) is 9.59 Å². The minimum atomic E-state index is -0.0413. The number of anilines is 1. The number of rotatable bonds is 8. The van der Waals surface area contributed by atoms with Gasteiger partial charge < -0.3 is 15.5 Å². The Balaban J connectivity index is 0.00000320. The summed E-state index contributed by atoms with van der Waals surface area (Å²) in [6.45, 7) is 5.01. The molecule has 0 radical (unpaired) electrons. The average Bonchev–Trinajstić information content (AvgIpc) is 2.77. The SMILES string of the molecule is CCNCc1ccccc1NC(=O)C1CCN(C(=O)CCc2ccccc2)CC1.Cl. The van der Waals surface area contributed by atoms with Crippen molar-refractivity contribution in [2.45, 2.75) is 39.2 Å². The summed E-state index contributed by atoms with van der Waals surface area (Å²) in [5, 5.41) is 6.40. The lowest BCUT2D eigenvalue weighted by Crippen LogP contribution is -2.41. The Morgan fingerprint density at radius 2 is 1.67 bits per heavy atom. The van der Waals surface area contributed by atoms with Crippen LogP contribution in [-0.4, -0.2) is 36.3 Å². The van der Waals surface area contributed by atoms with Gasteiger partial charge in [0.2, 0.25) is 11.8 Å². The molecule has 6 heteroatoms. The van der Waals surface area contributed by atoms with Crippen LogP contribution in [-0.2, 0) is 22.6 Å². The van der Waals surface area contributed by atoms with Gasteiger partial charge in [-0.05, 0) is 43.0 Å². The Morgan fingerprint density at radius 3 is 2.37 bits per heavy atom. The summed E-state index contributed by atoms with van der Waals surface area (Å²) in [7, 11) is 0. The van der Waals surface area contributed by atoms with E-state index >= 15 is 0 Å². The van der Waals surface area contributed by atoms with Crippen LogP contribution in [0.2, 0.25) is 0 Å². The summed E-state index contributed by atoms with van der Waals surface area (Å²) in [5.74, 6) is 0.203. The topological polar surface area (TPSA) is 61.4 Å². The minimum absolute atomic E-state index is 0. The van der Waals surface area contributed by atoms with Gasteiger partial charge in [-0.15, -0.1) is 12.4 Å². The van der Waals surface area contributed by atoms with Crippen molar-refractivity contribution in [1.29, 1.82) is 0 Å². The number of para-hydroxylation sites is 1. The molecule has 2 amide bonds. The second-order valence-corrected chi connectivity index (χ2v) is 7.57. The molecule has 0 saturated carbocycles. The van der Waals surface area contributed by atoms with Crippen LogP contribution in [0.15, 0.2) is 54.6 Å². The molecule has 1 saturated heterocycles. The third-order valence-corrected chi connectivity index (χ3v) is 5.53. The standard InChI is InChI=1S/C24H31N3O2.ClH/c1-2-25-18-21-10-6-7-11-22(21)26-24(29)20-14-16-27(17-15-20)23(28)13-12-19-8-4-3-5-9-19;/h3-11,20,25H,2,12-18H2,1H3,(H,26,29);1H. The van der Waals surface area contributed by atoms with Crippen molar-refractivity contribution in [3.8, 4) is 0 Å². The number of nitrogens with zero attached hydrogens (tertiary/aromatic N) is 1. The lowest BCUT2D eigenvalue weighted by atomic mass is 9.95. The lowest BCUT2D eigenvalue weighted by Gasteiger charge is -2.31. The Labute approximate surface area is 185 Å². The summed E-state index contributed by atoms with van der Waals surface area (Å²) < 4.78 is 0. The molecular weight excluding hydrogens is 398 g/mol. The summed E-state index contributed by atoms with van der Waals surface area (Å²) >= 11 is 0. The molecule has 2 aromatic carbocycles. The van der Waals surface area contributed by atoms with Crippen molar-refractivity contribution in [2.75, 3.05) is 25.0 Å². The summed E-state index contributed by atoms with van der Waals surface area (Å²) in [6.07, 6.45) is 2.73. The van der Waals surface area contributed by atoms with Crippen LogP contribution in [0, 0.1) is 5.92 Å². The molecule has 0 aromatic heterocycles. The van der Waals surface area contributed by atoms with E-state index in [0.29, 0.717) is 19.5 Å². The molecule has 1 fully saturated rings. The van der Waals surface area contributed by atoms with Gasteiger partial charge in [-0.1, -0.05) is 55.5 Å². The molecule has 0 spiro atoms. The van der Waals surface area contributed by atoms with Crippen molar-refractivity contribution in [2.24, 2.45) is 5.92 Å². The van der Waals surface area contributed by atoms with E-state index in [0.717, 1.165) is 43.6 Å². The third-order valence-electron chi connectivity index (χ3n) is 5.53. The highest BCUT2D eigenvalue weighted by Gasteiger charge is 2.27. The van der Waals surface area contributed by atoms with E-state index in [4.69, 9.17) is 0 Å². The van der Waals surface area contributed by atoms with E-state index in [2.05, 4.69) is 29.7 Å². The van der Waals surface area contributed by atoms with Crippen LogP contribution >= 0.6 is 12.4 Å². The van der Waals surface area contributed by atoms with Crippen LogP contribution < -0.4 is 10.6 Å². The van der Waals surface area contributed by atoms with Crippen molar-refractivity contribution in [3.63, 3.8) is 0 Å². The van der Waals surface area contributed by atoms with Gasteiger partial charge in [0.25, 0.3) is 0 Å². The monoisotopic (exact) mass is 429 g/mol. The quantitative estimate of drug-likeness (QED) is 0.666. The molecule has 0 unspecified atom stereocenters. The van der Waals surface area contributed by atoms with Crippen LogP contribution in [0.5, 0.6) is 0 Å². The fourth-order valence-corrected chi connectivity index (χ4v) is 3.74. The fraction of sp³-hybridized carbons (Fsp3) is 0.417. The molecule has 30 heavy (non-hydrogen) atoms. The maximum Gasteiger partial charge on any atom is 0.227 e. The summed E-state index contributed by atoms with van der Waals surface area (Å²) in [6, 6.07) is 18.0. The first-order chi connectivity index (χ1) is 14.2. The highest BCUT2D eigenvalue weighted by Crippen LogP contribution is 2.22. The molecule has 3 rings (SSSR count). The second kappa shape index (κ2) is 12.4. The molecule has 2 aromatic rings. The van der Waals surface area contributed by atoms with Gasteiger partial charge in [-0.2, -0.15) is 0 Å². The van der Waals surface area contributed by atoms with Crippen LogP contribution in [0.25, 0.3) is 0 Å². The second-order valence-electron chi connectivity index (χ2n) is 7.57. The Kier molecular flexibility index (Phi) is 9.84. The molecule has 162 valence electrons. The smallest absolute Gasteiger partial charge is 0.227 e. The van der Waals surface area contributed by atoms with Crippen molar-refractivity contribution in [3.05, 3.63) is 65.7 Å². The van der Waals surface area contributed by atoms with E-state index < -0.39 is 0 Å². The number of benzene rings is 2. The number of piperidine rings is 1.